The molecule has 0 saturated carbocycles. The van der Waals surface area contributed by atoms with Gasteiger partial charge in [0, 0.05) is 11.8 Å². The Morgan fingerprint density at radius 1 is 1.20 bits per heavy atom. The van der Waals surface area contributed by atoms with Gasteiger partial charge in [0.2, 0.25) is 0 Å². The van der Waals surface area contributed by atoms with Crippen LogP contribution >= 0.6 is 0 Å². The van der Waals surface area contributed by atoms with Crippen molar-refractivity contribution in [2.45, 2.75) is 59.9 Å². The monoisotopic (exact) mass is 212 g/mol. The standard InChI is InChI=1S/C13H28N2/c1-6-12(5)15-9-7-8-11(4)13(14)10(2)3/h10-12,14-15H,6-9H2,1-5H3/t11?,12-/m0/s1. The van der Waals surface area contributed by atoms with E-state index in [9.17, 15) is 0 Å². The van der Waals surface area contributed by atoms with Gasteiger partial charge in [-0.2, -0.15) is 0 Å². The largest absolute Gasteiger partial charge is 0.314 e. The summed E-state index contributed by atoms with van der Waals surface area (Å²) in [6, 6.07) is 0.629. The van der Waals surface area contributed by atoms with Crippen molar-refractivity contribution in [3.63, 3.8) is 0 Å². The highest BCUT2D eigenvalue weighted by Gasteiger charge is 2.11. The molecule has 0 fully saturated rings. The summed E-state index contributed by atoms with van der Waals surface area (Å²) < 4.78 is 0. The van der Waals surface area contributed by atoms with Crippen LogP contribution in [-0.4, -0.2) is 18.3 Å². The molecule has 0 rings (SSSR count). The predicted molar refractivity (Wildman–Crippen MR) is 68.7 cm³/mol. The van der Waals surface area contributed by atoms with Crippen molar-refractivity contribution in [3.8, 4) is 0 Å². The molecule has 2 nitrogen and oxygen atoms in total. The molecule has 90 valence electrons. The van der Waals surface area contributed by atoms with E-state index in [4.69, 9.17) is 5.41 Å². The fraction of sp³-hybridized carbons (Fsp3) is 0.923. The summed E-state index contributed by atoms with van der Waals surface area (Å²) in [7, 11) is 0. The summed E-state index contributed by atoms with van der Waals surface area (Å²) in [4.78, 5) is 0. The van der Waals surface area contributed by atoms with Crippen molar-refractivity contribution < 1.29 is 0 Å². The summed E-state index contributed by atoms with van der Waals surface area (Å²) in [6.07, 6.45) is 3.51. The summed E-state index contributed by atoms with van der Waals surface area (Å²) in [6.45, 7) is 11.9. The van der Waals surface area contributed by atoms with Crippen LogP contribution in [-0.2, 0) is 0 Å². The van der Waals surface area contributed by atoms with E-state index >= 15 is 0 Å². The first-order valence-electron chi connectivity index (χ1n) is 6.30. The third-order valence-corrected chi connectivity index (χ3v) is 3.07. The lowest BCUT2D eigenvalue weighted by molar-refractivity contribution is 0.498. The fourth-order valence-electron chi connectivity index (χ4n) is 1.63. The molecule has 2 N–H and O–H groups in total. The van der Waals surface area contributed by atoms with Crippen molar-refractivity contribution in [1.29, 1.82) is 5.41 Å². The van der Waals surface area contributed by atoms with Crippen LogP contribution in [0.25, 0.3) is 0 Å². The number of hydrogen-bond donors (Lipinski definition) is 2. The minimum absolute atomic E-state index is 0.405. The average Bonchev–Trinajstić information content (AvgIpc) is 2.22. The molecule has 0 heterocycles. The molecule has 2 atom stereocenters. The van der Waals surface area contributed by atoms with Gasteiger partial charge in [-0.1, -0.05) is 27.7 Å². The van der Waals surface area contributed by atoms with Crippen LogP contribution in [0.4, 0.5) is 0 Å². The van der Waals surface area contributed by atoms with E-state index in [1.807, 2.05) is 0 Å². The molecule has 0 bridgehead atoms. The van der Waals surface area contributed by atoms with Gasteiger partial charge >= 0.3 is 0 Å². The number of nitrogens with one attached hydrogen (secondary N) is 2. The molecule has 0 aliphatic rings. The Morgan fingerprint density at radius 2 is 1.80 bits per heavy atom. The maximum absolute atomic E-state index is 7.89. The Morgan fingerprint density at radius 3 is 2.27 bits per heavy atom. The van der Waals surface area contributed by atoms with Crippen LogP contribution in [0.3, 0.4) is 0 Å². The van der Waals surface area contributed by atoms with Crippen LogP contribution in [0.1, 0.15) is 53.9 Å². The minimum Gasteiger partial charge on any atom is -0.314 e. The maximum atomic E-state index is 7.89. The smallest absolute Gasteiger partial charge is 0.0143 e. The topological polar surface area (TPSA) is 35.9 Å². The molecule has 0 saturated heterocycles. The Bertz CT molecular complexity index is 175. The van der Waals surface area contributed by atoms with Gasteiger partial charge in [-0.05, 0) is 44.6 Å². The van der Waals surface area contributed by atoms with Crippen molar-refractivity contribution in [2.24, 2.45) is 11.8 Å². The molecule has 0 aliphatic carbocycles. The van der Waals surface area contributed by atoms with Gasteiger partial charge in [0.15, 0.2) is 0 Å². The zero-order valence-electron chi connectivity index (χ0n) is 11.1. The zero-order chi connectivity index (χ0) is 11.8. The van der Waals surface area contributed by atoms with Crippen LogP contribution in [0, 0.1) is 17.2 Å². The molecule has 0 aromatic carbocycles. The number of hydrogen-bond acceptors (Lipinski definition) is 2. The third kappa shape index (κ3) is 6.67. The predicted octanol–water partition coefficient (Wildman–Crippen LogP) is 3.47. The zero-order valence-corrected chi connectivity index (χ0v) is 11.1. The Balaban J connectivity index is 3.55. The summed E-state index contributed by atoms with van der Waals surface area (Å²) in [5.74, 6) is 0.853. The van der Waals surface area contributed by atoms with Crippen LogP contribution in [0.15, 0.2) is 0 Å². The molecular formula is C13H28N2. The molecule has 1 unspecified atom stereocenters. The van der Waals surface area contributed by atoms with Gasteiger partial charge in [-0.15, -0.1) is 0 Å². The van der Waals surface area contributed by atoms with E-state index in [0.717, 1.165) is 18.7 Å². The summed E-state index contributed by atoms with van der Waals surface area (Å²) >= 11 is 0. The molecule has 0 aromatic rings. The lowest BCUT2D eigenvalue weighted by Crippen LogP contribution is -2.27. The molecule has 2 heteroatoms. The van der Waals surface area contributed by atoms with E-state index in [2.05, 4.69) is 39.9 Å². The fourth-order valence-corrected chi connectivity index (χ4v) is 1.63. The van der Waals surface area contributed by atoms with Crippen molar-refractivity contribution >= 4 is 5.71 Å². The van der Waals surface area contributed by atoms with Gasteiger partial charge in [0.25, 0.3) is 0 Å². The quantitative estimate of drug-likeness (QED) is 0.469. The van der Waals surface area contributed by atoms with Gasteiger partial charge < -0.3 is 10.7 Å². The first-order chi connectivity index (χ1) is 6.99. The van der Waals surface area contributed by atoms with E-state index < -0.39 is 0 Å². The molecule has 0 aromatic heterocycles. The highest BCUT2D eigenvalue weighted by atomic mass is 14.9. The first-order valence-corrected chi connectivity index (χ1v) is 6.30. The highest BCUT2D eigenvalue weighted by molar-refractivity contribution is 5.85. The number of rotatable bonds is 8. The van der Waals surface area contributed by atoms with Crippen LogP contribution in [0.5, 0.6) is 0 Å². The molecule has 0 radical (unpaired) electrons. The van der Waals surface area contributed by atoms with Crippen molar-refractivity contribution in [3.05, 3.63) is 0 Å². The summed E-state index contributed by atoms with van der Waals surface area (Å²) in [5.41, 5.74) is 0.901. The third-order valence-electron chi connectivity index (χ3n) is 3.07. The lowest BCUT2D eigenvalue weighted by atomic mass is 9.92. The van der Waals surface area contributed by atoms with Gasteiger partial charge in [0.1, 0.15) is 0 Å². The normalized spacial score (nSPS) is 15.3. The van der Waals surface area contributed by atoms with Crippen molar-refractivity contribution in [2.75, 3.05) is 6.54 Å². The highest BCUT2D eigenvalue weighted by Crippen LogP contribution is 2.12. The van der Waals surface area contributed by atoms with E-state index in [1.165, 1.54) is 12.8 Å². The van der Waals surface area contributed by atoms with Gasteiger partial charge in [0.05, 0.1) is 0 Å². The molecule has 15 heavy (non-hydrogen) atoms. The van der Waals surface area contributed by atoms with Crippen LogP contribution in [0.2, 0.25) is 0 Å². The second-order valence-electron chi connectivity index (χ2n) is 4.92. The molecule has 0 amide bonds. The Hall–Kier alpha value is -0.370. The van der Waals surface area contributed by atoms with E-state index in [1.54, 1.807) is 0 Å². The SMILES string of the molecule is CC[C@H](C)NCCCC(C)C(=N)C(C)C. The maximum Gasteiger partial charge on any atom is 0.0143 e. The van der Waals surface area contributed by atoms with Gasteiger partial charge in [-0.3, -0.25) is 0 Å². The Kier molecular flexibility index (Phi) is 7.67. The van der Waals surface area contributed by atoms with Crippen LogP contribution < -0.4 is 5.32 Å². The van der Waals surface area contributed by atoms with E-state index in [0.29, 0.717) is 17.9 Å². The first kappa shape index (κ1) is 14.6. The second kappa shape index (κ2) is 7.86. The van der Waals surface area contributed by atoms with Crippen molar-refractivity contribution in [1.82, 2.24) is 5.32 Å². The molecule has 0 spiro atoms. The lowest BCUT2D eigenvalue weighted by Gasteiger charge is -2.17. The minimum atomic E-state index is 0.405. The molecular weight excluding hydrogens is 184 g/mol. The Labute approximate surface area is 95.4 Å². The summed E-state index contributed by atoms with van der Waals surface area (Å²) in [5, 5.41) is 11.4. The average molecular weight is 212 g/mol. The molecule has 0 aliphatic heterocycles. The van der Waals surface area contributed by atoms with Gasteiger partial charge in [-0.25, -0.2) is 0 Å². The second-order valence-corrected chi connectivity index (χ2v) is 4.92. The van der Waals surface area contributed by atoms with E-state index in [-0.39, 0.29) is 0 Å².